The highest BCUT2D eigenvalue weighted by Crippen LogP contribution is 2.25. The second-order valence-electron chi connectivity index (χ2n) is 4.67. The van der Waals surface area contributed by atoms with Crippen LogP contribution in [0.3, 0.4) is 0 Å². The third-order valence-corrected chi connectivity index (χ3v) is 5.21. The van der Waals surface area contributed by atoms with Gasteiger partial charge in [-0.3, -0.25) is 4.21 Å². The highest BCUT2D eigenvalue weighted by Gasteiger charge is 2.14. The third kappa shape index (κ3) is 3.15. The molecule has 1 aromatic carbocycles. The van der Waals surface area contributed by atoms with Crippen molar-refractivity contribution in [2.75, 3.05) is 6.26 Å². The SMILES string of the molecule is CC(CCn1c(CCl)nc2cc(Cl)c(F)cc21)S(C)=O. The van der Waals surface area contributed by atoms with Gasteiger partial charge in [0.25, 0.3) is 0 Å². The van der Waals surface area contributed by atoms with Gasteiger partial charge in [0.15, 0.2) is 0 Å². The molecular formula is C13H15Cl2FN2OS. The van der Waals surface area contributed by atoms with Crippen LogP contribution < -0.4 is 0 Å². The van der Waals surface area contributed by atoms with Crippen LogP contribution in [0.4, 0.5) is 4.39 Å². The van der Waals surface area contributed by atoms with Crippen LogP contribution in [-0.4, -0.2) is 25.3 Å². The van der Waals surface area contributed by atoms with Gasteiger partial charge in [0.2, 0.25) is 0 Å². The summed E-state index contributed by atoms with van der Waals surface area (Å²) in [6, 6.07) is 2.87. The zero-order chi connectivity index (χ0) is 14.9. The minimum absolute atomic E-state index is 0.0475. The summed E-state index contributed by atoms with van der Waals surface area (Å²) in [6.07, 6.45) is 2.39. The molecule has 2 unspecified atom stereocenters. The smallest absolute Gasteiger partial charge is 0.144 e. The molecule has 0 aliphatic heterocycles. The Labute approximate surface area is 129 Å². The lowest BCUT2D eigenvalue weighted by Gasteiger charge is -2.11. The third-order valence-electron chi connectivity index (χ3n) is 3.31. The number of hydrogen-bond donors (Lipinski definition) is 0. The van der Waals surface area contributed by atoms with Gasteiger partial charge in [-0.1, -0.05) is 18.5 Å². The van der Waals surface area contributed by atoms with E-state index in [-0.39, 0.29) is 16.2 Å². The number of aromatic nitrogens is 2. The van der Waals surface area contributed by atoms with Crippen LogP contribution in [0.1, 0.15) is 19.2 Å². The second kappa shape index (κ2) is 6.41. The molecule has 0 saturated heterocycles. The largest absolute Gasteiger partial charge is 0.327 e. The summed E-state index contributed by atoms with van der Waals surface area (Å²) in [5.74, 6) is 0.420. The molecule has 0 bridgehead atoms. The van der Waals surface area contributed by atoms with Crippen molar-refractivity contribution in [1.29, 1.82) is 0 Å². The number of halogens is 3. The molecular weight excluding hydrogens is 322 g/mol. The van der Waals surface area contributed by atoms with E-state index in [1.165, 1.54) is 12.1 Å². The lowest BCUT2D eigenvalue weighted by Crippen LogP contribution is -2.14. The average Bonchev–Trinajstić information content (AvgIpc) is 2.73. The number of aryl methyl sites for hydroxylation is 1. The maximum Gasteiger partial charge on any atom is 0.144 e. The van der Waals surface area contributed by atoms with Gasteiger partial charge >= 0.3 is 0 Å². The van der Waals surface area contributed by atoms with Crippen molar-refractivity contribution < 1.29 is 8.60 Å². The predicted molar refractivity (Wildman–Crippen MR) is 82.4 cm³/mol. The average molecular weight is 337 g/mol. The van der Waals surface area contributed by atoms with Crippen molar-refractivity contribution in [2.45, 2.75) is 31.0 Å². The number of hydrogen-bond acceptors (Lipinski definition) is 2. The van der Waals surface area contributed by atoms with Crippen molar-refractivity contribution in [3.8, 4) is 0 Å². The van der Waals surface area contributed by atoms with E-state index >= 15 is 0 Å². The summed E-state index contributed by atoms with van der Waals surface area (Å²) in [6.45, 7) is 2.52. The van der Waals surface area contributed by atoms with Crippen LogP contribution >= 0.6 is 23.2 Å². The molecule has 0 amide bonds. The van der Waals surface area contributed by atoms with Crippen LogP contribution in [0.2, 0.25) is 5.02 Å². The highest BCUT2D eigenvalue weighted by atomic mass is 35.5. The zero-order valence-corrected chi connectivity index (χ0v) is 13.5. The normalized spacial score (nSPS) is 14.7. The molecule has 0 N–H and O–H groups in total. The summed E-state index contributed by atoms with van der Waals surface area (Å²) in [5, 5.41) is 0.110. The molecule has 1 heterocycles. The van der Waals surface area contributed by atoms with E-state index in [4.69, 9.17) is 23.2 Å². The molecule has 0 spiro atoms. The molecule has 110 valence electrons. The van der Waals surface area contributed by atoms with E-state index in [0.717, 1.165) is 0 Å². The lowest BCUT2D eigenvalue weighted by molar-refractivity contribution is 0.611. The van der Waals surface area contributed by atoms with Gasteiger partial charge in [-0.15, -0.1) is 11.6 Å². The van der Waals surface area contributed by atoms with E-state index < -0.39 is 16.6 Å². The van der Waals surface area contributed by atoms with Gasteiger partial charge in [-0.25, -0.2) is 9.37 Å². The first-order valence-electron chi connectivity index (χ1n) is 6.16. The molecule has 2 atom stereocenters. The van der Waals surface area contributed by atoms with E-state index in [0.29, 0.717) is 29.8 Å². The number of imidazole rings is 1. The molecule has 20 heavy (non-hydrogen) atoms. The summed E-state index contributed by atoms with van der Waals surface area (Å²) in [7, 11) is -0.884. The Morgan fingerprint density at radius 2 is 2.20 bits per heavy atom. The van der Waals surface area contributed by atoms with Crippen molar-refractivity contribution in [1.82, 2.24) is 9.55 Å². The van der Waals surface area contributed by atoms with Crippen LogP contribution in [0.5, 0.6) is 0 Å². The van der Waals surface area contributed by atoms with Crippen LogP contribution in [0.15, 0.2) is 12.1 Å². The number of benzene rings is 1. The van der Waals surface area contributed by atoms with E-state index in [1.54, 1.807) is 6.26 Å². The fourth-order valence-corrected chi connectivity index (χ4v) is 2.80. The molecule has 3 nitrogen and oxygen atoms in total. The van der Waals surface area contributed by atoms with Gasteiger partial charge in [-0.05, 0) is 12.5 Å². The summed E-state index contributed by atoms with van der Waals surface area (Å²) >= 11 is 11.7. The molecule has 0 radical (unpaired) electrons. The maximum absolute atomic E-state index is 13.6. The first-order valence-corrected chi connectivity index (χ1v) is 8.69. The molecule has 0 aliphatic carbocycles. The molecule has 0 fully saturated rings. The van der Waals surface area contributed by atoms with E-state index in [1.807, 2.05) is 11.5 Å². The summed E-state index contributed by atoms with van der Waals surface area (Å²) < 4.78 is 26.9. The summed E-state index contributed by atoms with van der Waals surface area (Å²) in [4.78, 5) is 4.36. The fourth-order valence-electron chi connectivity index (χ4n) is 2.00. The highest BCUT2D eigenvalue weighted by molar-refractivity contribution is 7.84. The topological polar surface area (TPSA) is 34.9 Å². The van der Waals surface area contributed by atoms with Crippen molar-refractivity contribution >= 4 is 45.0 Å². The zero-order valence-electron chi connectivity index (χ0n) is 11.2. The predicted octanol–water partition coefficient (Wildman–Crippen LogP) is 3.72. The second-order valence-corrected chi connectivity index (χ2v) is 7.14. The van der Waals surface area contributed by atoms with E-state index in [9.17, 15) is 8.60 Å². The van der Waals surface area contributed by atoms with Crippen LogP contribution in [0, 0.1) is 5.82 Å². The molecule has 0 saturated carbocycles. The van der Waals surface area contributed by atoms with Gasteiger partial charge in [0.1, 0.15) is 11.6 Å². The Morgan fingerprint density at radius 3 is 2.80 bits per heavy atom. The van der Waals surface area contributed by atoms with Gasteiger partial charge < -0.3 is 4.57 Å². The first kappa shape index (κ1) is 15.7. The molecule has 7 heteroatoms. The Balaban J connectivity index is 2.40. The Morgan fingerprint density at radius 1 is 1.50 bits per heavy atom. The van der Waals surface area contributed by atoms with E-state index in [2.05, 4.69) is 4.98 Å². The monoisotopic (exact) mass is 336 g/mol. The summed E-state index contributed by atoms with van der Waals surface area (Å²) in [5.41, 5.74) is 1.29. The maximum atomic E-state index is 13.6. The minimum Gasteiger partial charge on any atom is -0.327 e. The number of alkyl halides is 1. The molecule has 1 aromatic heterocycles. The van der Waals surface area contributed by atoms with Crippen molar-refractivity contribution in [3.05, 3.63) is 28.8 Å². The quantitative estimate of drug-likeness (QED) is 0.780. The first-order chi connectivity index (χ1) is 9.43. The van der Waals surface area contributed by atoms with Gasteiger partial charge in [0, 0.05) is 34.9 Å². The minimum atomic E-state index is -0.884. The Hall–Kier alpha value is -0.650. The Kier molecular flexibility index (Phi) is 5.04. The van der Waals surface area contributed by atoms with Gasteiger partial charge in [-0.2, -0.15) is 0 Å². The van der Waals surface area contributed by atoms with Crippen LogP contribution in [-0.2, 0) is 23.2 Å². The molecule has 2 rings (SSSR count). The van der Waals surface area contributed by atoms with Crippen molar-refractivity contribution in [2.24, 2.45) is 0 Å². The van der Waals surface area contributed by atoms with Crippen molar-refractivity contribution in [3.63, 3.8) is 0 Å². The standard InChI is InChI=1S/C13H15Cl2FN2OS/c1-8(20(2)19)3-4-18-12-6-10(16)9(15)5-11(12)17-13(18)7-14/h5-6,8H,3-4,7H2,1-2H3. The Bertz CT molecular complexity index is 659. The van der Waals surface area contributed by atoms with Gasteiger partial charge in [0.05, 0.1) is 21.9 Å². The number of nitrogens with zero attached hydrogens (tertiary/aromatic N) is 2. The fraction of sp³-hybridized carbons (Fsp3) is 0.462. The number of rotatable bonds is 5. The van der Waals surface area contributed by atoms with Crippen LogP contribution in [0.25, 0.3) is 11.0 Å². The number of fused-ring (bicyclic) bond motifs is 1. The molecule has 0 aliphatic rings. The molecule has 2 aromatic rings. The lowest BCUT2D eigenvalue weighted by atomic mass is 10.3.